The summed E-state index contributed by atoms with van der Waals surface area (Å²) in [7, 11) is 0. The molecule has 1 rings (SSSR count). The summed E-state index contributed by atoms with van der Waals surface area (Å²) in [5, 5.41) is 8.31. The second-order valence-corrected chi connectivity index (χ2v) is 4.32. The molecule has 0 aliphatic rings. The van der Waals surface area contributed by atoms with Gasteiger partial charge in [-0.05, 0) is 13.2 Å². The molecule has 0 aromatic carbocycles. The van der Waals surface area contributed by atoms with Crippen molar-refractivity contribution in [2.45, 2.75) is 12.7 Å². The van der Waals surface area contributed by atoms with Gasteiger partial charge in [-0.3, -0.25) is 5.41 Å². The van der Waals surface area contributed by atoms with Crippen LogP contribution >= 0.6 is 23.1 Å². The van der Waals surface area contributed by atoms with Crippen molar-refractivity contribution in [3.63, 3.8) is 0 Å². The van der Waals surface area contributed by atoms with E-state index in [1.54, 1.807) is 11.8 Å². The number of thiazole rings is 1. The lowest BCUT2D eigenvalue weighted by molar-refractivity contribution is 1.18. The zero-order valence-electron chi connectivity index (χ0n) is 7.05. The van der Waals surface area contributed by atoms with Crippen molar-refractivity contribution in [3.05, 3.63) is 15.6 Å². The predicted molar refractivity (Wildman–Crippen MR) is 55.1 cm³/mol. The van der Waals surface area contributed by atoms with Crippen LogP contribution in [-0.4, -0.2) is 17.1 Å². The Morgan fingerprint density at radius 2 is 2.42 bits per heavy atom. The van der Waals surface area contributed by atoms with E-state index in [0.717, 1.165) is 21.3 Å². The minimum atomic E-state index is 0.123. The van der Waals surface area contributed by atoms with Gasteiger partial charge >= 0.3 is 0 Å². The van der Waals surface area contributed by atoms with Crippen LogP contribution in [0, 0.1) is 12.3 Å². The number of nitrogen functional groups attached to an aromatic ring is 1. The fourth-order valence-corrected chi connectivity index (χ4v) is 2.51. The number of hydrogen-bond acceptors (Lipinski definition) is 4. The smallest absolute Gasteiger partial charge is 0.135 e. The SMILES string of the molecule is CSCc1nc(C)c(C(=N)N)s1. The third-order valence-corrected chi connectivity index (χ3v) is 3.29. The summed E-state index contributed by atoms with van der Waals surface area (Å²) < 4.78 is 0. The molecule has 0 saturated heterocycles. The molecule has 1 aromatic heterocycles. The van der Waals surface area contributed by atoms with Crippen LogP contribution in [0.3, 0.4) is 0 Å². The fourth-order valence-electron chi connectivity index (χ4n) is 0.887. The van der Waals surface area contributed by atoms with E-state index in [1.807, 2.05) is 13.2 Å². The Morgan fingerprint density at radius 3 is 2.83 bits per heavy atom. The first-order valence-corrected chi connectivity index (χ1v) is 5.65. The monoisotopic (exact) mass is 201 g/mol. The van der Waals surface area contributed by atoms with Crippen molar-refractivity contribution in [2.24, 2.45) is 5.73 Å². The number of nitrogens with zero attached hydrogens (tertiary/aromatic N) is 1. The maximum atomic E-state index is 7.26. The Hall–Kier alpha value is -0.550. The number of thioether (sulfide) groups is 1. The molecule has 0 atom stereocenters. The van der Waals surface area contributed by atoms with Crippen LogP contribution in [0.25, 0.3) is 0 Å². The van der Waals surface area contributed by atoms with Crippen LogP contribution < -0.4 is 5.73 Å². The quantitative estimate of drug-likeness (QED) is 0.576. The molecule has 0 radical (unpaired) electrons. The summed E-state index contributed by atoms with van der Waals surface area (Å²) in [4.78, 5) is 5.10. The van der Waals surface area contributed by atoms with E-state index in [2.05, 4.69) is 4.98 Å². The van der Waals surface area contributed by atoms with Gasteiger partial charge in [0.05, 0.1) is 10.6 Å². The van der Waals surface area contributed by atoms with E-state index >= 15 is 0 Å². The van der Waals surface area contributed by atoms with E-state index in [9.17, 15) is 0 Å². The van der Waals surface area contributed by atoms with Crippen LogP contribution in [0.15, 0.2) is 0 Å². The van der Waals surface area contributed by atoms with Gasteiger partial charge in [-0.15, -0.1) is 11.3 Å². The molecule has 66 valence electrons. The first kappa shape index (κ1) is 9.54. The molecule has 0 saturated carbocycles. The number of aromatic nitrogens is 1. The minimum Gasteiger partial charge on any atom is -0.383 e. The first-order chi connectivity index (χ1) is 5.65. The van der Waals surface area contributed by atoms with E-state index < -0.39 is 0 Å². The van der Waals surface area contributed by atoms with E-state index in [-0.39, 0.29) is 5.84 Å². The number of amidine groups is 1. The Bertz CT molecular complexity index is 293. The molecular formula is C7H11N3S2. The average molecular weight is 201 g/mol. The predicted octanol–water partition coefficient (Wildman–Crippen LogP) is 1.60. The van der Waals surface area contributed by atoms with Crippen molar-refractivity contribution in [1.82, 2.24) is 4.98 Å². The lowest BCUT2D eigenvalue weighted by Gasteiger charge is -1.90. The minimum absolute atomic E-state index is 0.123. The van der Waals surface area contributed by atoms with Crippen molar-refractivity contribution in [3.8, 4) is 0 Å². The Morgan fingerprint density at radius 1 is 1.75 bits per heavy atom. The van der Waals surface area contributed by atoms with Gasteiger partial charge in [0.1, 0.15) is 10.8 Å². The second kappa shape index (κ2) is 3.91. The van der Waals surface area contributed by atoms with Crippen LogP contribution in [0.5, 0.6) is 0 Å². The number of nitrogens with two attached hydrogens (primary N) is 1. The summed E-state index contributed by atoms with van der Waals surface area (Å²) in [5.41, 5.74) is 6.24. The Labute approximate surface area is 79.9 Å². The molecule has 1 heterocycles. The standard InChI is InChI=1S/C7H11N3S2/c1-4-6(7(8)9)12-5(10-4)3-11-2/h3H2,1-2H3,(H3,8,9). The zero-order chi connectivity index (χ0) is 9.14. The molecule has 0 spiro atoms. The molecule has 1 aromatic rings. The van der Waals surface area contributed by atoms with Gasteiger partial charge in [-0.2, -0.15) is 11.8 Å². The summed E-state index contributed by atoms with van der Waals surface area (Å²) in [6, 6.07) is 0. The number of aryl methyl sites for hydroxylation is 1. The van der Waals surface area contributed by atoms with Gasteiger partial charge in [0.15, 0.2) is 0 Å². The van der Waals surface area contributed by atoms with Crippen molar-refractivity contribution in [2.75, 3.05) is 6.26 Å². The largest absolute Gasteiger partial charge is 0.383 e. The van der Waals surface area contributed by atoms with Crippen LogP contribution in [0.4, 0.5) is 0 Å². The number of nitrogens with one attached hydrogen (secondary N) is 1. The first-order valence-electron chi connectivity index (χ1n) is 3.44. The van der Waals surface area contributed by atoms with Gasteiger partial charge in [0.2, 0.25) is 0 Å². The molecule has 0 aliphatic heterocycles. The topological polar surface area (TPSA) is 62.8 Å². The lowest BCUT2D eigenvalue weighted by atomic mass is 10.4. The van der Waals surface area contributed by atoms with Crippen LogP contribution in [0.2, 0.25) is 0 Å². The highest BCUT2D eigenvalue weighted by molar-refractivity contribution is 7.97. The average Bonchev–Trinajstić information content (AvgIpc) is 2.32. The number of hydrogen-bond donors (Lipinski definition) is 2. The molecule has 3 nitrogen and oxygen atoms in total. The molecule has 0 unspecified atom stereocenters. The van der Waals surface area contributed by atoms with Gasteiger partial charge < -0.3 is 5.73 Å². The number of rotatable bonds is 3. The van der Waals surface area contributed by atoms with Gasteiger partial charge in [0, 0.05) is 5.75 Å². The summed E-state index contributed by atoms with van der Waals surface area (Å²) >= 11 is 3.24. The van der Waals surface area contributed by atoms with E-state index in [4.69, 9.17) is 11.1 Å². The third-order valence-electron chi connectivity index (χ3n) is 1.35. The highest BCUT2D eigenvalue weighted by Gasteiger charge is 2.08. The zero-order valence-corrected chi connectivity index (χ0v) is 8.68. The highest BCUT2D eigenvalue weighted by Crippen LogP contribution is 2.20. The lowest BCUT2D eigenvalue weighted by Crippen LogP contribution is -2.10. The van der Waals surface area contributed by atoms with Crippen LogP contribution in [-0.2, 0) is 5.75 Å². The fraction of sp³-hybridized carbons (Fsp3) is 0.429. The Kier molecular flexibility index (Phi) is 3.11. The van der Waals surface area contributed by atoms with Gasteiger partial charge in [-0.25, -0.2) is 4.98 Å². The molecule has 0 amide bonds. The molecule has 0 fully saturated rings. The van der Waals surface area contributed by atoms with E-state index in [0.29, 0.717) is 0 Å². The maximum absolute atomic E-state index is 7.26. The molecule has 12 heavy (non-hydrogen) atoms. The summed E-state index contributed by atoms with van der Waals surface area (Å²) in [5.74, 6) is 1.02. The Balaban J connectivity index is 2.92. The van der Waals surface area contributed by atoms with Crippen molar-refractivity contribution >= 4 is 28.9 Å². The van der Waals surface area contributed by atoms with E-state index in [1.165, 1.54) is 11.3 Å². The summed E-state index contributed by atoms with van der Waals surface area (Å²) in [6.07, 6.45) is 2.03. The normalized spacial score (nSPS) is 10.2. The van der Waals surface area contributed by atoms with Gasteiger partial charge in [-0.1, -0.05) is 0 Å². The van der Waals surface area contributed by atoms with Crippen molar-refractivity contribution in [1.29, 1.82) is 5.41 Å². The molecular weight excluding hydrogens is 190 g/mol. The molecule has 3 N–H and O–H groups in total. The third kappa shape index (κ3) is 1.98. The summed E-state index contributed by atoms with van der Waals surface area (Å²) in [6.45, 7) is 1.89. The highest BCUT2D eigenvalue weighted by atomic mass is 32.2. The molecule has 5 heteroatoms. The van der Waals surface area contributed by atoms with Gasteiger partial charge in [0.25, 0.3) is 0 Å². The molecule has 0 bridgehead atoms. The van der Waals surface area contributed by atoms with Crippen LogP contribution in [0.1, 0.15) is 15.6 Å². The van der Waals surface area contributed by atoms with Crippen molar-refractivity contribution < 1.29 is 0 Å². The second-order valence-electron chi connectivity index (χ2n) is 2.37. The maximum Gasteiger partial charge on any atom is 0.135 e. The molecule has 0 aliphatic carbocycles.